The van der Waals surface area contributed by atoms with Crippen LogP contribution in [0, 0.1) is 5.41 Å². The maximum absolute atomic E-state index is 11.2. The third-order valence-corrected chi connectivity index (χ3v) is 3.19. The molecule has 0 fully saturated rings. The van der Waals surface area contributed by atoms with Gasteiger partial charge in [0.1, 0.15) is 6.29 Å². The molecule has 0 bridgehead atoms. The predicted octanol–water partition coefficient (Wildman–Crippen LogP) is 3.79. The van der Waals surface area contributed by atoms with Gasteiger partial charge < -0.3 is 4.79 Å². The van der Waals surface area contributed by atoms with E-state index in [1.165, 1.54) is 5.56 Å². The maximum Gasteiger partial charge on any atom is 0.133 e. The van der Waals surface area contributed by atoms with Crippen LogP contribution >= 0.6 is 0 Å². The quantitative estimate of drug-likeness (QED) is 0.714. The fraction of sp³-hybridized carbons (Fsp3) is 0.188. The highest BCUT2D eigenvalue weighted by atomic mass is 16.1. The highest BCUT2D eigenvalue weighted by molar-refractivity contribution is 5.78. The molecule has 0 spiro atoms. The Morgan fingerprint density at radius 3 is 2.59 bits per heavy atom. The number of allylic oxidation sites excluding steroid dienone is 6. The van der Waals surface area contributed by atoms with E-state index in [1.807, 2.05) is 55.5 Å². The van der Waals surface area contributed by atoms with Gasteiger partial charge in [-0.1, -0.05) is 67.6 Å². The van der Waals surface area contributed by atoms with Crippen molar-refractivity contribution in [2.45, 2.75) is 13.3 Å². The summed E-state index contributed by atoms with van der Waals surface area (Å²) in [6.07, 6.45) is 11.8. The van der Waals surface area contributed by atoms with Gasteiger partial charge in [-0.15, -0.1) is 0 Å². The van der Waals surface area contributed by atoms with Crippen molar-refractivity contribution in [3.8, 4) is 0 Å². The first-order chi connectivity index (χ1) is 8.29. The van der Waals surface area contributed by atoms with E-state index in [9.17, 15) is 4.79 Å². The number of aldehydes is 1. The first kappa shape index (κ1) is 11.6. The lowest BCUT2D eigenvalue weighted by atomic mass is 9.86. The van der Waals surface area contributed by atoms with Crippen molar-refractivity contribution in [1.29, 1.82) is 0 Å². The molecule has 0 amide bonds. The van der Waals surface area contributed by atoms with E-state index >= 15 is 0 Å². The van der Waals surface area contributed by atoms with Crippen molar-refractivity contribution in [1.82, 2.24) is 0 Å². The summed E-state index contributed by atoms with van der Waals surface area (Å²) in [7, 11) is 0. The number of rotatable bonds is 3. The fourth-order valence-electron chi connectivity index (χ4n) is 1.91. The number of benzene rings is 1. The van der Waals surface area contributed by atoms with Crippen molar-refractivity contribution in [2.75, 3.05) is 0 Å². The van der Waals surface area contributed by atoms with E-state index in [1.54, 1.807) is 0 Å². The molecule has 1 aliphatic carbocycles. The highest BCUT2D eigenvalue weighted by Gasteiger charge is 2.21. The second-order valence-corrected chi connectivity index (χ2v) is 4.26. The molecule has 1 aliphatic rings. The van der Waals surface area contributed by atoms with Crippen molar-refractivity contribution in [3.05, 3.63) is 66.3 Å². The van der Waals surface area contributed by atoms with Crippen LogP contribution in [0.2, 0.25) is 0 Å². The Hall–Kier alpha value is -1.89. The summed E-state index contributed by atoms with van der Waals surface area (Å²) in [5.74, 6) is 0. The van der Waals surface area contributed by atoms with E-state index in [-0.39, 0.29) is 0 Å². The molecular weight excluding hydrogens is 208 g/mol. The third kappa shape index (κ3) is 2.44. The van der Waals surface area contributed by atoms with Crippen LogP contribution in [0.15, 0.2) is 60.7 Å². The van der Waals surface area contributed by atoms with E-state index < -0.39 is 5.41 Å². The van der Waals surface area contributed by atoms with Crippen LogP contribution in [0.1, 0.15) is 18.9 Å². The molecule has 0 radical (unpaired) electrons. The first-order valence-electron chi connectivity index (χ1n) is 5.90. The normalized spacial score (nSPS) is 23.0. The zero-order valence-corrected chi connectivity index (χ0v) is 9.97. The Morgan fingerprint density at radius 1 is 1.18 bits per heavy atom. The van der Waals surface area contributed by atoms with Gasteiger partial charge in [0.15, 0.2) is 0 Å². The van der Waals surface area contributed by atoms with Crippen molar-refractivity contribution in [2.24, 2.45) is 5.41 Å². The van der Waals surface area contributed by atoms with Crippen LogP contribution in [0.25, 0.3) is 5.57 Å². The van der Waals surface area contributed by atoms with Gasteiger partial charge in [0.05, 0.1) is 5.41 Å². The molecular formula is C16H16O. The standard InChI is InChI=1S/C16H16O/c1-2-16(13-17)11-6-9-15(10-12-16)14-7-4-3-5-8-14/h3-13H,2H2,1H3. The summed E-state index contributed by atoms with van der Waals surface area (Å²) in [6, 6.07) is 10.2. The molecule has 1 aromatic rings. The van der Waals surface area contributed by atoms with Crippen LogP contribution in [-0.4, -0.2) is 6.29 Å². The predicted molar refractivity (Wildman–Crippen MR) is 71.5 cm³/mol. The van der Waals surface area contributed by atoms with Gasteiger partial charge in [0.2, 0.25) is 0 Å². The van der Waals surface area contributed by atoms with Gasteiger partial charge in [-0.25, -0.2) is 0 Å². The number of hydrogen-bond donors (Lipinski definition) is 0. The Kier molecular flexibility index (Phi) is 3.38. The Bertz CT molecular complexity index is 480. The number of carbonyl (C=O) groups excluding carboxylic acids is 1. The molecule has 2 rings (SSSR count). The molecule has 1 atom stereocenters. The van der Waals surface area contributed by atoms with E-state index in [4.69, 9.17) is 0 Å². The Morgan fingerprint density at radius 2 is 1.94 bits per heavy atom. The summed E-state index contributed by atoms with van der Waals surface area (Å²) in [5, 5.41) is 0. The van der Waals surface area contributed by atoms with Crippen LogP contribution in [0.4, 0.5) is 0 Å². The minimum absolute atomic E-state index is 0.437. The number of hydrogen-bond acceptors (Lipinski definition) is 1. The first-order valence-corrected chi connectivity index (χ1v) is 5.90. The molecule has 0 saturated carbocycles. The van der Waals surface area contributed by atoms with Crippen molar-refractivity contribution in [3.63, 3.8) is 0 Å². The summed E-state index contributed by atoms with van der Waals surface area (Å²) >= 11 is 0. The zero-order chi connectivity index (χ0) is 12.1. The van der Waals surface area contributed by atoms with Crippen LogP contribution in [-0.2, 0) is 4.79 Å². The van der Waals surface area contributed by atoms with Crippen molar-refractivity contribution < 1.29 is 4.79 Å². The average Bonchev–Trinajstić information content (AvgIpc) is 2.63. The molecule has 0 N–H and O–H groups in total. The molecule has 0 saturated heterocycles. The molecule has 0 aliphatic heterocycles. The van der Waals surface area contributed by atoms with Gasteiger partial charge >= 0.3 is 0 Å². The average molecular weight is 224 g/mol. The fourth-order valence-corrected chi connectivity index (χ4v) is 1.91. The zero-order valence-electron chi connectivity index (χ0n) is 9.97. The summed E-state index contributed by atoms with van der Waals surface area (Å²) in [6.45, 7) is 2.02. The summed E-state index contributed by atoms with van der Waals surface area (Å²) in [5.41, 5.74) is 1.87. The minimum atomic E-state index is -0.437. The summed E-state index contributed by atoms with van der Waals surface area (Å²) < 4.78 is 0. The molecule has 1 heteroatoms. The monoisotopic (exact) mass is 224 g/mol. The molecule has 0 heterocycles. The Labute approximate surface area is 102 Å². The maximum atomic E-state index is 11.2. The molecule has 86 valence electrons. The second kappa shape index (κ2) is 4.96. The van der Waals surface area contributed by atoms with Crippen LogP contribution in [0.5, 0.6) is 0 Å². The Balaban J connectivity index is 2.34. The second-order valence-electron chi connectivity index (χ2n) is 4.26. The van der Waals surface area contributed by atoms with Gasteiger partial charge in [-0.2, -0.15) is 0 Å². The summed E-state index contributed by atoms with van der Waals surface area (Å²) in [4.78, 5) is 11.2. The lowest BCUT2D eigenvalue weighted by Crippen LogP contribution is -2.14. The van der Waals surface area contributed by atoms with Gasteiger partial charge in [0.25, 0.3) is 0 Å². The molecule has 1 nitrogen and oxygen atoms in total. The smallest absolute Gasteiger partial charge is 0.133 e. The van der Waals surface area contributed by atoms with Crippen LogP contribution in [0.3, 0.4) is 0 Å². The van der Waals surface area contributed by atoms with Crippen molar-refractivity contribution >= 4 is 11.9 Å². The lowest BCUT2D eigenvalue weighted by molar-refractivity contribution is -0.112. The van der Waals surface area contributed by atoms with E-state index in [0.717, 1.165) is 18.3 Å². The van der Waals surface area contributed by atoms with Gasteiger partial charge in [-0.05, 0) is 17.6 Å². The minimum Gasteiger partial charge on any atom is -0.302 e. The molecule has 1 aromatic carbocycles. The van der Waals surface area contributed by atoms with E-state index in [2.05, 4.69) is 12.1 Å². The molecule has 1 unspecified atom stereocenters. The third-order valence-electron chi connectivity index (χ3n) is 3.19. The van der Waals surface area contributed by atoms with Gasteiger partial charge in [0, 0.05) is 0 Å². The van der Waals surface area contributed by atoms with Crippen LogP contribution < -0.4 is 0 Å². The molecule has 0 aromatic heterocycles. The van der Waals surface area contributed by atoms with Gasteiger partial charge in [-0.3, -0.25) is 0 Å². The SMILES string of the molecule is CCC1(C=O)C=CC=C(c2ccccc2)C=C1. The largest absolute Gasteiger partial charge is 0.302 e. The lowest BCUT2D eigenvalue weighted by Gasteiger charge is -2.16. The topological polar surface area (TPSA) is 17.1 Å². The highest BCUT2D eigenvalue weighted by Crippen LogP contribution is 2.28. The van der Waals surface area contributed by atoms with E-state index in [0.29, 0.717) is 0 Å². The molecule has 17 heavy (non-hydrogen) atoms. The number of carbonyl (C=O) groups is 1.